The molecule has 2 fully saturated rings. The standard InChI is InChI=1S/C21H30N2O2S/c24-20(22-13-11-19-16(15-22)12-14-26-19)9-10-21(25)23(17-5-1-2-6-17)18-7-3-4-8-18/h12,14,17-18H,1-11,13,15H2. The van der Waals surface area contributed by atoms with Gasteiger partial charge in [-0.1, -0.05) is 25.7 Å². The van der Waals surface area contributed by atoms with Gasteiger partial charge in [-0.05, 0) is 49.1 Å². The Morgan fingerprint density at radius 2 is 1.69 bits per heavy atom. The average Bonchev–Trinajstić information content (AvgIpc) is 3.41. The van der Waals surface area contributed by atoms with Gasteiger partial charge in [-0.25, -0.2) is 0 Å². The second kappa shape index (κ2) is 8.12. The van der Waals surface area contributed by atoms with Gasteiger partial charge in [-0.3, -0.25) is 9.59 Å². The lowest BCUT2D eigenvalue weighted by atomic mass is 10.1. The second-order valence-electron chi connectivity index (χ2n) is 8.11. The minimum absolute atomic E-state index is 0.146. The van der Waals surface area contributed by atoms with Crippen molar-refractivity contribution in [3.8, 4) is 0 Å². The molecule has 0 spiro atoms. The van der Waals surface area contributed by atoms with E-state index < -0.39 is 0 Å². The van der Waals surface area contributed by atoms with E-state index in [4.69, 9.17) is 0 Å². The molecule has 0 unspecified atom stereocenters. The number of hydrogen-bond acceptors (Lipinski definition) is 3. The second-order valence-corrected chi connectivity index (χ2v) is 9.11. The molecule has 0 aromatic carbocycles. The molecule has 0 saturated heterocycles. The third-order valence-corrected chi connectivity index (χ3v) is 7.46. The molecule has 2 saturated carbocycles. The Balaban J connectivity index is 1.33. The zero-order valence-corrected chi connectivity index (χ0v) is 16.4. The van der Waals surface area contributed by atoms with Gasteiger partial charge in [-0.2, -0.15) is 0 Å². The summed E-state index contributed by atoms with van der Waals surface area (Å²) in [6.45, 7) is 1.52. The van der Waals surface area contributed by atoms with Gasteiger partial charge >= 0.3 is 0 Å². The number of carbonyl (C=O) groups is 2. The van der Waals surface area contributed by atoms with Gasteiger partial charge in [0.2, 0.25) is 11.8 Å². The smallest absolute Gasteiger partial charge is 0.223 e. The first kappa shape index (κ1) is 18.0. The average molecular weight is 375 g/mol. The lowest BCUT2D eigenvalue weighted by molar-refractivity contribution is -0.140. The van der Waals surface area contributed by atoms with Crippen LogP contribution in [0.4, 0.5) is 0 Å². The Morgan fingerprint density at radius 1 is 1.04 bits per heavy atom. The third-order valence-electron chi connectivity index (χ3n) is 6.44. The largest absolute Gasteiger partial charge is 0.338 e. The first-order chi connectivity index (χ1) is 12.7. The fraction of sp³-hybridized carbons (Fsp3) is 0.714. The Bertz CT molecular complexity index is 628. The Labute approximate surface area is 160 Å². The fourth-order valence-electron chi connectivity index (χ4n) is 5.03. The van der Waals surface area contributed by atoms with Crippen LogP contribution in [0.2, 0.25) is 0 Å². The highest BCUT2D eigenvalue weighted by molar-refractivity contribution is 7.10. The summed E-state index contributed by atoms with van der Waals surface area (Å²) >= 11 is 1.79. The van der Waals surface area contributed by atoms with E-state index in [1.807, 2.05) is 4.90 Å². The van der Waals surface area contributed by atoms with Crippen molar-refractivity contribution in [2.75, 3.05) is 6.54 Å². The van der Waals surface area contributed by atoms with Crippen LogP contribution >= 0.6 is 11.3 Å². The molecule has 4 rings (SSSR count). The lowest BCUT2D eigenvalue weighted by Crippen LogP contribution is -2.45. The van der Waals surface area contributed by atoms with E-state index >= 15 is 0 Å². The van der Waals surface area contributed by atoms with Gasteiger partial charge in [0.1, 0.15) is 0 Å². The van der Waals surface area contributed by atoms with Gasteiger partial charge in [0.25, 0.3) is 0 Å². The molecule has 142 valence electrons. The summed E-state index contributed by atoms with van der Waals surface area (Å²) in [7, 11) is 0. The molecule has 0 bridgehead atoms. The summed E-state index contributed by atoms with van der Waals surface area (Å²) in [6.07, 6.45) is 11.3. The van der Waals surface area contributed by atoms with Crippen LogP contribution in [0.5, 0.6) is 0 Å². The van der Waals surface area contributed by atoms with Crippen LogP contribution in [-0.4, -0.2) is 40.2 Å². The molecule has 1 aromatic heterocycles. The van der Waals surface area contributed by atoms with Crippen LogP contribution < -0.4 is 0 Å². The predicted octanol–water partition coefficient (Wildman–Crippen LogP) is 4.13. The van der Waals surface area contributed by atoms with Crippen molar-refractivity contribution in [1.82, 2.24) is 9.80 Å². The normalized spacial score (nSPS) is 21.2. The lowest BCUT2D eigenvalue weighted by Gasteiger charge is -2.35. The fourth-order valence-corrected chi connectivity index (χ4v) is 5.92. The van der Waals surface area contributed by atoms with E-state index in [2.05, 4.69) is 16.3 Å². The Morgan fingerprint density at radius 3 is 2.35 bits per heavy atom. The van der Waals surface area contributed by atoms with Crippen LogP contribution in [0.15, 0.2) is 11.4 Å². The van der Waals surface area contributed by atoms with Crippen molar-refractivity contribution in [2.24, 2.45) is 0 Å². The Hall–Kier alpha value is -1.36. The van der Waals surface area contributed by atoms with E-state index in [9.17, 15) is 9.59 Å². The maximum atomic E-state index is 13.0. The summed E-state index contributed by atoms with van der Waals surface area (Å²) in [5.41, 5.74) is 1.29. The molecule has 0 N–H and O–H groups in total. The minimum atomic E-state index is 0.146. The van der Waals surface area contributed by atoms with Gasteiger partial charge in [0.15, 0.2) is 0 Å². The van der Waals surface area contributed by atoms with Crippen molar-refractivity contribution >= 4 is 23.2 Å². The first-order valence-electron chi connectivity index (χ1n) is 10.4. The predicted molar refractivity (Wildman–Crippen MR) is 104 cm³/mol. The summed E-state index contributed by atoms with van der Waals surface area (Å²) in [5, 5.41) is 2.11. The quantitative estimate of drug-likeness (QED) is 0.778. The molecule has 2 aliphatic carbocycles. The zero-order chi connectivity index (χ0) is 17.9. The van der Waals surface area contributed by atoms with Gasteiger partial charge in [-0.15, -0.1) is 11.3 Å². The van der Waals surface area contributed by atoms with Crippen LogP contribution in [0.1, 0.15) is 74.6 Å². The maximum Gasteiger partial charge on any atom is 0.223 e. The maximum absolute atomic E-state index is 13.0. The van der Waals surface area contributed by atoms with Crippen LogP contribution in [0, 0.1) is 0 Å². The first-order valence-corrected chi connectivity index (χ1v) is 11.2. The number of rotatable bonds is 5. The minimum Gasteiger partial charge on any atom is -0.338 e. The molecule has 2 heterocycles. The molecule has 2 amide bonds. The summed E-state index contributed by atoms with van der Waals surface area (Å²) in [5.74, 6) is 0.373. The monoisotopic (exact) mass is 374 g/mol. The van der Waals surface area contributed by atoms with Crippen molar-refractivity contribution in [3.63, 3.8) is 0 Å². The third kappa shape index (κ3) is 3.83. The molecular weight excluding hydrogens is 344 g/mol. The summed E-state index contributed by atoms with van der Waals surface area (Å²) in [4.78, 5) is 31.2. The number of thiophene rings is 1. The zero-order valence-electron chi connectivity index (χ0n) is 15.6. The summed E-state index contributed by atoms with van der Waals surface area (Å²) < 4.78 is 0. The van der Waals surface area contributed by atoms with Gasteiger partial charge in [0, 0.05) is 42.9 Å². The van der Waals surface area contributed by atoms with Gasteiger partial charge in [0.05, 0.1) is 0 Å². The number of fused-ring (bicyclic) bond motifs is 1. The molecule has 4 nitrogen and oxygen atoms in total. The van der Waals surface area contributed by atoms with Crippen LogP contribution in [0.3, 0.4) is 0 Å². The van der Waals surface area contributed by atoms with Crippen LogP contribution in [-0.2, 0) is 22.6 Å². The van der Waals surface area contributed by atoms with Crippen LogP contribution in [0.25, 0.3) is 0 Å². The molecule has 1 aromatic rings. The number of nitrogens with zero attached hydrogens (tertiary/aromatic N) is 2. The molecule has 0 atom stereocenters. The molecule has 1 aliphatic heterocycles. The molecule has 3 aliphatic rings. The molecule has 0 radical (unpaired) electrons. The highest BCUT2D eigenvalue weighted by atomic mass is 32.1. The Kier molecular flexibility index (Phi) is 5.63. The number of amides is 2. The SMILES string of the molecule is O=C(CCC(=O)N(C1CCCC1)C1CCCC1)N1CCc2sccc2C1. The summed E-state index contributed by atoms with van der Waals surface area (Å²) in [6, 6.07) is 3.00. The van der Waals surface area contributed by atoms with Crippen molar-refractivity contribution in [2.45, 2.75) is 89.3 Å². The van der Waals surface area contributed by atoms with E-state index in [1.165, 1.54) is 36.1 Å². The topological polar surface area (TPSA) is 40.6 Å². The molecular formula is C21H30N2O2S. The van der Waals surface area contributed by atoms with Crippen molar-refractivity contribution < 1.29 is 9.59 Å². The van der Waals surface area contributed by atoms with E-state index in [-0.39, 0.29) is 11.8 Å². The van der Waals surface area contributed by atoms with E-state index in [1.54, 1.807) is 11.3 Å². The molecule has 5 heteroatoms. The number of hydrogen-bond donors (Lipinski definition) is 0. The number of carbonyl (C=O) groups excluding carboxylic acids is 2. The van der Waals surface area contributed by atoms with E-state index in [0.29, 0.717) is 24.9 Å². The van der Waals surface area contributed by atoms with E-state index in [0.717, 1.165) is 45.2 Å². The van der Waals surface area contributed by atoms with Gasteiger partial charge < -0.3 is 9.80 Å². The highest BCUT2D eigenvalue weighted by Crippen LogP contribution is 2.32. The van der Waals surface area contributed by atoms with Crippen molar-refractivity contribution in [1.29, 1.82) is 0 Å². The van der Waals surface area contributed by atoms with Crippen molar-refractivity contribution in [3.05, 3.63) is 21.9 Å². The highest BCUT2D eigenvalue weighted by Gasteiger charge is 2.34. The molecule has 26 heavy (non-hydrogen) atoms.